The fraction of sp³-hybridized carbons (Fsp3) is 0.231. The van der Waals surface area contributed by atoms with Gasteiger partial charge < -0.3 is 4.42 Å². The van der Waals surface area contributed by atoms with Gasteiger partial charge in [0.25, 0.3) is 0 Å². The van der Waals surface area contributed by atoms with Crippen molar-refractivity contribution in [3.05, 3.63) is 58.5 Å². The molecule has 0 bridgehead atoms. The molecule has 0 amide bonds. The van der Waals surface area contributed by atoms with Gasteiger partial charge in [-0.1, -0.05) is 12.1 Å². The third kappa shape index (κ3) is 3.45. The average Bonchev–Trinajstić information content (AvgIpc) is 2.75. The summed E-state index contributed by atoms with van der Waals surface area (Å²) in [5, 5.41) is -0.241. The molecule has 1 atom stereocenters. The van der Waals surface area contributed by atoms with E-state index in [-0.39, 0.29) is 5.22 Å². The maximum atomic E-state index is 12.4. The molecular formula is C13H9Cl2F3O. The van der Waals surface area contributed by atoms with Crippen molar-refractivity contribution in [1.82, 2.24) is 0 Å². The first-order chi connectivity index (χ1) is 8.88. The van der Waals surface area contributed by atoms with E-state index >= 15 is 0 Å². The molecule has 1 aromatic carbocycles. The number of halogens is 5. The number of hydrogen-bond donors (Lipinski definition) is 0. The summed E-state index contributed by atoms with van der Waals surface area (Å²) < 4.78 is 42.1. The van der Waals surface area contributed by atoms with E-state index in [9.17, 15) is 13.2 Å². The standard InChI is InChI=1S/C13H9Cl2F3O/c14-11(10-5-6-19-12(10)15)7-8-1-3-9(4-2-8)13(16,17)18/h1-6,11H,7H2. The third-order valence-corrected chi connectivity index (χ3v) is 3.38. The Balaban J connectivity index is 2.10. The van der Waals surface area contributed by atoms with Gasteiger partial charge in [0, 0.05) is 5.56 Å². The SMILES string of the molecule is FC(F)(F)c1ccc(CC(Cl)c2ccoc2Cl)cc1. The van der Waals surface area contributed by atoms with Gasteiger partial charge in [-0.3, -0.25) is 0 Å². The minimum atomic E-state index is -4.33. The Morgan fingerprint density at radius 1 is 1.11 bits per heavy atom. The summed E-state index contributed by atoms with van der Waals surface area (Å²) in [5.41, 5.74) is 0.650. The van der Waals surface area contributed by atoms with E-state index in [1.807, 2.05) is 0 Å². The summed E-state index contributed by atoms with van der Waals surface area (Å²) in [6, 6.07) is 6.54. The van der Waals surface area contributed by atoms with Gasteiger partial charge in [0.05, 0.1) is 17.2 Å². The molecule has 0 spiro atoms. The second kappa shape index (κ2) is 5.47. The van der Waals surface area contributed by atoms with Crippen molar-refractivity contribution in [2.45, 2.75) is 18.0 Å². The van der Waals surface area contributed by atoms with Crippen molar-refractivity contribution in [3.8, 4) is 0 Å². The van der Waals surface area contributed by atoms with Gasteiger partial charge in [0.2, 0.25) is 0 Å². The predicted molar refractivity (Wildman–Crippen MR) is 67.5 cm³/mol. The molecule has 1 aromatic heterocycles. The lowest BCUT2D eigenvalue weighted by atomic mass is 10.0. The Morgan fingerprint density at radius 3 is 2.21 bits per heavy atom. The molecule has 19 heavy (non-hydrogen) atoms. The van der Waals surface area contributed by atoms with Crippen molar-refractivity contribution in [2.24, 2.45) is 0 Å². The van der Waals surface area contributed by atoms with Crippen LogP contribution in [0, 0.1) is 0 Å². The molecule has 0 radical (unpaired) electrons. The fourth-order valence-corrected chi connectivity index (χ4v) is 2.33. The summed E-state index contributed by atoms with van der Waals surface area (Å²) in [6.07, 6.45) is -2.54. The number of furan rings is 1. The lowest BCUT2D eigenvalue weighted by molar-refractivity contribution is -0.137. The predicted octanol–water partition coefficient (Wildman–Crippen LogP) is 5.47. The van der Waals surface area contributed by atoms with Gasteiger partial charge in [-0.2, -0.15) is 13.2 Å². The molecule has 2 aromatic rings. The van der Waals surface area contributed by atoms with Crippen LogP contribution in [0.25, 0.3) is 0 Å². The normalized spacial score (nSPS) is 13.5. The number of hydrogen-bond acceptors (Lipinski definition) is 1. The highest BCUT2D eigenvalue weighted by molar-refractivity contribution is 6.31. The molecular weight excluding hydrogens is 300 g/mol. The van der Waals surface area contributed by atoms with E-state index in [2.05, 4.69) is 0 Å². The number of rotatable bonds is 3. The summed E-state index contributed by atoms with van der Waals surface area (Å²) in [5.74, 6) is 0. The van der Waals surface area contributed by atoms with Crippen LogP contribution in [0.5, 0.6) is 0 Å². The zero-order valence-corrected chi connectivity index (χ0v) is 11.1. The van der Waals surface area contributed by atoms with Crippen LogP contribution in [0.15, 0.2) is 41.0 Å². The Morgan fingerprint density at radius 2 is 1.74 bits per heavy atom. The zero-order valence-electron chi connectivity index (χ0n) is 9.55. The van der Waals surface area contributed by atoms with E-state index in [0.717, 1.165) is 12.1 Å². The zero-order chi connectivity index (χ0) is 14.0. The van der Waals surface area contributed by atoms with E-state index in [1.165, 1.54) is 18.4 Å². The van der Waals surface area contributed by atoms with Crippen LogP contribution in [0.4, 0.5) is 13.2 Å². The molecule has 1 unspecified atom stereocenters. The van der Waals surface area contributed by atoms with Crippen LogP contribution >= 0.6 is 23.2 Å². The summed E-state index contributed by atoms with van der Waals surface area (Å²) in [6.45, 7) is 0. The quantitative estimate of drug-likeness (QED) is 0.685. The molecule has 0 N–H and O–H groups in total. The number of benzene rings is 1. The molecule has 0 fully saturated rings. The summed E-state index contributed by atoms with van der Waals surface area (Å²) in [4.78, 5) is 0. The maximum absolute atomic E-state index is 12.4. The maximum Gasteiger partial charge on any atom is 0.416 e. The Bertz CT molecular complexity index is 546. The highest BCUT2D eigenvalue weighted by Gasteiger charge is 2.30. The average molecular weight is 309 g/mol. The van der Waals surface area contributed by atoms with Gasteiger partial charge in [-0.05, 0) is 41.8 Å². The monoisotopic (exact) mass is 308 g/mol. The van der Waals surface area contributed by atoms with Crippen molar-refractivity contribution in [2.75, 3.05) is 0 Å². The van der Waals surface area contributed by atoms with Crippen molar-refractivity contribution < 1.29 is 17.6 Å². The molecule has 0 aliphatic heterocycles. The molecule has 1 heterocycles. The topological polar surface area (TPSA) is 13.1 Å². The van der Waals surface area contributed by atoms with Gasteiger partial charge in [-0.25, -0.2) is 0 Å². The summed E-state index contributed by atoms with van der Waals surface area (Å²) >= 11 is 11.9. The van der Waals surface area contributed by atoms with E-state index in [4.69, 9.17) is 27.6 Å². The van der Waals surface area contributed by atoms with Crippen molar-refractivity contribution in [1.29, 1.82) is 0 Å². The first-order valence-corrected chi connectivity index (χ1v) is 6.22. The summed E-state index contributed by atoms with van der Waals surface area (Å²) in [7, 11) is 0. The van der Waals surface area contributed by atoms with Crippen LogP contribution in [-0.2, 0) is 12.6 Å². The van der Waals surface area contributed by atoms with E-state index < -0.39 is 17.1 Å². The number of alkyl halides is 4. The minimum Gasteiger partial charge on any atom is -0.453 e. The molecule has 0 aliphatic rings. The molecule has 102 valence electrons. The van der Waals surface area contributed by atoms with Gasteiger partial charge in [-0.15, -0.1) is 11.6 Å². The fourth-order valence-electron chi connectivity index (χ4n) is 1.67. The molecule has 6 heteroatoms. The third-order valence-electron chi connectivity index (χ3n) is 2.68. The van der Waals surface area contributed by atoms with Crippen LogP contribution < -0.4 is 0 Å². The van der Waals surface area contributed by atoms with Gasteiger partial charge in [0.15, 0.2) is 5.22 Å². The van der Waals surface area contributed by atoms with E-state index in [0.29, 0.717) is 17.5 Å². The highest BCUT2D eigenvalue weighted by atomic mass is 35.5. The Hall–Kier alpha value is -1.13. The van der Waals surface area contributed by atoms with Crippen molar-refractivity contribution in [3.63, 3.8) is 0 Å². The molecule has 2 rings (SSSR count). The first-order valence-electron chi connectivity index (χ1n) is 5.41. The molecule has 1 nitrogen and oxygen atoms in total. The Labute approximate surface area is 117 Å². The lowest BCUT2D eigenvalue weighted by Crippen LogP contribution is -2.05. The largest absolute Gasteiger partial charge is 0.453 e. The van der Waals surface area contributed by atoms with Crippen LogP contribution in [0.2, 0.25) is 5.22 Å². The second-order valence-corrected chi connectivity index (χ2v) is 4.89. The highest BCUT2D eigenvalue weighted by Crippen LogP contribution is 2.33. The lowest BCUT2D eigenvalue weighted by Gasteiger charge is -2.10. The molecule has 0 saturated heterocycles. The molecule has 0 aliphatic carbocycles. The van der Waals surface area contributed by atoms with Crippen LogP contribution in [0.1, 0.15) is 22.1 Å². The van der Waals surface area contributed by atoms with Crippen LogP contribution in [0.3, 0.4) is 0 Å². The van der Waals surface area contributed by atoms with Crippen molar-refractivity contribution >= 4 is 23.2 Å². The Kier molecular flexibility index (Phi) is 4.11. The second-order valence-electron chi connectivity index (χ2n) is 4.02. The minimum absolute atomic E-state index is 0.201. The smallest absolute Gasteiger partial charge is 0.416 e. The molecule has 0 saturated carbocycles. The first kappa shape index (κ1) is 14.3. The van der Waals surface area contributed by atoms with Crippen LogP contribution in [-0.4, -0.2) is 0 Å². The van der Waals surface area contributed by atoms with E-state index in [1.54, 1.807) is 6.07 Å². The van der Waals surface area contributed by atoms with Gasteiger partial charge >= 0.3 is 6.18 Å². The van der Waals surface area contributed by atoms with Gasteiger partial charge in [0.1, 0.15) is 0 Å².